The van der Waals surface area contributed by atoms with Crippen molar-refractivity contribution in [2.75, 3.05) is 5.32 Å². The van der Waals surface area contributed by atoms with E-state index >= 15 is 0 Å². The van der Waals surface area contributed by atoms with E-state index in [2.05, 4.69) is 12.2 Å². The van der Waals surface area contributed by atoms with E-state index in [0.717, 1.165) is 30.5 Å². The average molecular weight is 217 g/mol. The molecular weight excluding hydrogens is 198 g/mol. The highest BCUT2D eigenvalue weighted by Gasteiger charge is 2.06. The summed E-state index contributed by atoms with van der Waals surface area (Å²) in [6.45, 7) is 4.12. The normalized spacial score (nSPS) is 11.2. The largest absolute Gasteiger partial charge is 0.322 e. The van der Waals surface area contributed by atoms with Crippen molar-refractivity contribution in [3.05, 3.63) is 42.0 Å². The van der Waals surface area contributed by atoms with Gasteiger partial charge in [0.1, 0.15) is 0 Å². The van der Waals surface area contributed by atoms with Crippen molar-refractivity contribution in [1.29, 1.82) is 0 Å². The molecule has 0 heterocycles. The second kappa shape index (κ2) is 6.83. The zero-order valence-corrected chi connectivity index (χ0v) is 9.99. The number of rotatable bonds is 5. The number of unbranched alkanes of at least 4 members (excludes halogenated alkanes) is 1. The monoisotopic (exact) mass is 217 g/mol. The molecule has 2 nitrogen and oxygen atoms in total. The molecule has 0 unspecified atom stereocenters. The van der Waals surface area contributed by atoms with Gasteiger partial charge in [0.2, 0.25) is 0 Å². The number of para-hydroxylation sites is 1. The van der Waals surface area contributed by atoms with E-state index < -0.39 is 0 Å². The van der Waals surface area contributed by atoms with Gasteiger partial charge in [-0.3, -0.25) is 4.79 Å². The van der Waals surface area contributed by atoms with E-state index in [0.29, 0.717) is 0 Å². The van der Waals surface area contributed by atoms with Gasteiger partial charge in [0, 0.05) is 11.3 Å². The van der Waals surface area contributed by atoms with Crippen molar-refractivity contribution in [3.63, 3.8) is 0 Å². The van der Waals surface area contributed by atoms with Crippen LogP contribution in [0.4, 0.5) is 5.69 Å². The molecule has 0 aliphatic heterocycles. The van der Waals surface area contributed by atoms with Gasteiger partial charge in [-0.05, 0) is 25.0 Å². The van der Waals surface area contributed by atoms with Crippen LogP contribution in [0.25, 0.3) is 0 Å². The van der Waals surface area contributed by atoms with Crippen molar-refractivity contribution < 1.29 is 4.79 Å². The van der Waals surface area contributed by atoms with Gasteiger partial charge >= 0.3 is 0 Å². The Hall–Kier alpha value is -1.57. The number of hydrogen-bond donors (Lipinski definition) is 1. The Kier molecular flexibility index (Phi) is 5.34. The third-order valence-electron chi connectivity index (χ3n) is 2.38. The summed E-state index contributed by atoms with van der Waals surface area (Å²) >= 11 is 0. The standard InChI is InChI=1S/C14H19NO/c1-3-5-9-12(4-2)14(16)15-13-10-7-6-8-11-13/h6-11H,3-5H2,1-2H3,(H,15,16). The van der Waals surface area contributed by atoms with E-state index in [9.17, 15) is 4.79 Å². The van der Waals surface area contributed by atoms with Crippen molar-refractivity contribution in [1.82, 2.24) is 0 Å². The fourth-order valence-electron chi connectivity index (χ4n) is 1.45. The maximum Gasteiger partial charge on any atom is 0.251 e. The number of benzene rings is 1. The lowest BCUT2D eigenvalue weighted by Gasteiger charge is -2.06. The Bertz CT molecular complexity index is 354. The first kappa shape index (κ1) is 12.5. The van der Waals surface area contributed by atoms with Crippen LogP contribution < -0.4 is 5.32 Å². The number of nitrogens with one attached hydrogen (secondary N) is 1. The van der Waals surface area contributed by atoms with Gasteiger partial charge in [-0.2, -0.15) is 0 Å². The summed E-state index contributed by atoms with van der Waals surface area (Å²) in [6.07, 6.45) is 4.84. The number of allylic oxidation sites excluding steroid dienone is 1. The van der Waals surface area contributed by atoms with Crippen LogP contribution in [0.3, 0.4) is 0 Å². The minimum absolute atomic E-state index is 0.0159. The third-order valence-corrected chi connectivity index (χ3v) is 2.38. The molecule has 0 atom stereocenters. The van der Waals surface area contributed by atoms with Gasteiger partial charge < -0.3 is 5.32 Å². The fourth-order valence-corrected chi connectivity index (χ4v) is 1.45. The molecule has 0 saturated carbocycles. The van der Waals surface area contributed by atoms with Gasteiger partial charge in [0.25, 0.3) is 5.91 Å². The van der Waals surface area contributed by atoms with Crippen molar-refractivity contribution in [2.24, 2.45) is 0 Å². The first-order valence-electron chi connectivity index (χ1n) is 5.83. The number of anilines is 1. The summed E-state index contributed by atoms with van der Waals surface area (Å²) in [4.78, 5) is 11.9. The third kappa shape index (κ3) is 3.89. The maximum atomic E-state index is 11.9. The van der Waals surface area contributed by atoms with Crippen LogP contribution in [0.1, 0.15) is 33.1 Å². The second-order valence-corrected chi connectivity index (χ2v) is 3.69. The predicted molar refractivity (Wildman–Crippen MR) is 68.4 cm³/mol. The lowest BCUT2D eigenvalue weighted by molar-refractivity contribution is -0.113. The fraction of sp³-hybridized carbons (Fsp3) is 0.357. The summed E-state index contributed by atoms with van der Waals surface area (Å²) in [7, 11) is 0. The molecule has 0 aliphatic carbocycles. The molecule has 1 aromatic carbocycles. The van der Waals surface area contributed by atoms with Crippen LogP contribution in [0.5, 0.6) is 0 Å². The van der Waals surface area contributed by atoms with Gasteiger partial charge in [-0.25, -0.2) is 0 Å². The number of carbonyl (C=O) groups is 1. The molecule has 0 radical (unpaired) electrons. The highest BCUT2D eigenvalue weighted by atomic mass is 16.1. The highest BCUT2D eigenvalue weighted by Crippen LogP contribution is 2.10. The summed E-state index contributed by atoms with van der Waals surface area (Å²) in [5.74, 6) is 0.0159. The van der Waals surface area contributed by atoms with E-state index in [1.807, 2.05) is 43.3 Å². The summed E-state index contributed by atoms with van der Waals surface area (Å²) in [5, 5.41) is 2.89. The van der Waals surface area contributed by atoms with Crippen molar-refractivity contribution in [2.45, 2.75) is 33.1 Å². The lowest BCUT2D eigenvalue weighted by atomic mass is 10.1. The number of carbonyl (C=O) groups excluding carboxylic acids is 1. The topological polar surface area (TPSA) is 29.1 Å². The minimum Gasteiger partial charge on any atom is -0.322 e. The Morgan fingerprint density at radius 3 is 2.50 bits per heavy atom. The number of hydrogen-bond acceptors (Lipinski definition) is 1. The van der Waals surface area contributed by atoms with Gasteiger partial charge in [0.15, 0.2) is 0 Å². The molecule has 1 rings (SSSR count). The van der Waals surface area contributed by atoms with Crippen LogP contribution in [0.2, 0.25) is 0 Å². The van der Waals surface area contributed by atoms with Gasteiger partial charge in [-0.1, -0.05) is 44.5 Å². The summed E-state index contributed by atoms with van der Waals surface area (Å²) < 4.78 is 0. The second-order valence-electron chi connectivity index (χ2n) is 3.69. The van der Waals surface area contributed by atoms with Crippen LogP contribution in [-0.2, 0) is 4.79 Å². The molecule has 0 spiro atoms. The van der Waals surface area contributed by atoms with Crippen molar-refractivity contribution >= 4 is 11.6 Å². The number of amides is 1. The van der Waals surface area contributed by atoms with E-state index in [-0.39, 0.29) is 5.91 Å². The van der Waals surface area contributed by atoms with Gasteiger partial charge in [0.05, 0.1) is 0 Å². The van der Waals surface area contributed by atoms with E-state index in [1.54, 1.807) is 0 Å². The SMILES string of the molecule is CCCC=C(CC)C(=O)Nc1ccccc1. The predicted octanol–water partition coefficient (Wildman–Crippen LogP) is 3.76. The van der Waals surface area contributed by atoms with Crippen LogP contribution in [0, 0.1) is 0 Å². The maximum absolute atomic E-state index is 11.9. The van der Waals surface area contributed by atoms with Gasteiger partial charge in [-0.15, -0.1) is 0 Å². The molecule has 86 valence electrons. The first-order chi connectivity index (χ1) is 7.77. The molecule has 1 aromatic rings. The molecule has 1 amide bonds. The molecule has 0 saturated heterocycles. The van der Waals surface area contributed by atoms with Crippen LogP contribution >= 0.6 is 0 Å². The summed E-state index contributed by atoms with van der Waals surface area (Å²) in [6, 6.07) is 9.55. The zero-order valence-electron chi connectivity index (χ0n) is 9.99. The molecule has 1 N–H and O–H groups in total. The Morgan fingerprint density at radius 2 is 1.94 bits per heavy atom. The van der Waals surface area contributed by atoms with Crippen LogP contribution in [0.15, 0.2) is 42.0 Å². The Morgan fingerprint density at radius 1 is 1.25 bits per heavy atom. The molecule has 0 fully saturated rings. The highest BCUT2D eigenvalue weighted by molar-refractivity contribution is 6.03. The van der Waals surface area contributed by atoms with E-state index in [1.165, 1.54) is 0 Å². The minimum atomic E-state index is 0.0159. The summed E-state index contributed by atoms with van der Waals surface area (Å²) in [5.41, 5.74) is 1.72. The lowest BCUT2D eigenvalue weighted by Crippen LogP contribution is -2.13. The molecular formula is C14H19NO. The van der Waals surface area contributed by atoms with Crippen LogP contribution in [-0.4, -0.2) is 5.91 Å². The Balaban J connectivity index is 2.63. The van der Waals surface area contributed by atoms with E-state index in [4.69, 9.17) is 0 Å². The molecule has 0 bridgehead atoms. The molecule has 0 aromatic heterocycles. The quantitative estimate of drug-likeness (QED) is 0.747. The first-order valence-corrected chi connectivity index (χ1v) is 5.83. The van der Waals surface area contributed by atoms with Crippen molar-refractivity contribution in [3.8, 4) is 0 Å². The molecule has 16 heavy (non-hydrogen) atoms. The molecule has 2 heteroatoms. The molecule has 0 aliphatic rings. The average Bonchev–Trinajstić information content (AvgIpc) is 2.31. The zero-order chi connectivity index (χ0) is 11.8. The smallest absolute Gasteiger partial charge is 0.251 e. The Labute approximate surface area is 97.4 Å².